The van der Waals surface area contributed by atoms with Gasteiger partial charge in [0.1, 0.15) is 12.7 Å². The number of hydrogen-bond acceptors (Lipinski definition) is 6. The molecule has 12 heteroatoms. The molecule has 2 aromatic rings. The first-order chi connectivity index (χ1) is 17.1. The van der Waals surface area contributed by atoms with Crippen LogP contribution in [-0.2, 0) is 11.8 Å². The molecule has 7 aliphatic rings. The van der Waals surface area contributed by atoms with Gasteiger partial charge >= 0.3 is 12.2 Å². The second kappa shape index (κ2) is 6.61. The summed E-state index contributed by atoms with van der Waals surface area (Å²) in [6.07, 6.45) is 3.53. The molecule has 2 aromatic heterocycles. The van der Waals surface area contributed by atoms with E-state index in [-0.39, 0.29) is 28.2 Å². The molecule has 4 heterocycles. The van der Waals surface area contributed by atoms with Crippen LogP contribution < -0.4 is 0 Å². The van der Waals surface area contributed by atoms with Gasteiger partial charge in [0, 0.05) is 37.5 Å². The zero-order valence-corrected chi connectivity index (χ0v) is 19.9. The van der Waals surface area contributed by atoms with Gasteiger partial charge in [0.05, 0.1) is 11.5 Å². The fourth-order valence-electron chi connectivity index (χ4n) is 7.74. The zero-order chi connectivity index (χ0) is 24.5. The van der Waals surface area contributed by atoms with E-state index in [1.54, 1.807) is 0 Å². The number of amides is 2. The Morgan fingerprint density at radius 3 is 2.47 bits per heavy atom. The third-order valence-corrected chi connectivity index (χ3v) is 9.86. The maximum Gasteiger partial charge on any atom is 0.397 e. The number of nitrogens with zero attached hydrogens (tertiary/aromatic N) is 7. The number of likely N-dealkylation sites (tertiary alicyclic amines) is 2. The Balaban J connectivity index is 0.797. The lowest BCUT2D eigenvalue weighted by Gasteiger charge is -2.74. The molecule has 0 N–H and O–H groups in total. The fourth-order valence-corrected chi connectivity index (χ4v) is 7.74. The lowest BCUT2D eigenvalue weighted by atomic mass is 9.31. The molecule has 2 bridgehead atoms. The normalized spacial score (nSPS) is 33.0. The minimum Gasteiger partial charge on any atom is -0.424 e. The Kier molecular flexibility index (Phi) is 3.93. The van der Waals surface area contributed by atoms with Crippen molar-refractivity contribution in [3.05, 3.63) is 23.9 Å². The quantitative estimate of drug-likeness (QED) is 0.621. The number of alkyl halides is 3. The number of carbonyl (C=O) groups excluding carboxylic acids is 1. The Labute approximate surface area is 205 Å². The van der Waals surface area contributed by atoms with Crippen molar-refractivity contribution in [3.63, 3.8) is 0 Å². The monoisotopic (exact) mass is 503 g/mol. The van der Waals surface area contributed by atoms with E-state index in [0.29, 0.717) is 23.8 Å². The Morgan fingerprint density at radius 1 is 1.08 bits per heavy atom. The van der Waals surface area contributed by atoms with Crippen LogP contribution in [-0.4, -0.2) is 73.1 Å². The lowest BCUT2D eigenvalue weighted by molar-refractivity contribution is -0.217. The van der Waals surface area contributed by atoms with Gasteiger partial charge in [-0.2, -0.15) is 18.3 Å². The van der Waals surface area contributed by atoms with E-state index < -0.39 is 12.6 Å². The van der Waals surface area contributed by atoms with E-state index in [9.17, 15) is 18.0 Å². The van der Waals surface area contributed by atoms with Gasteiger partial charge in [0.25, 0.3) is 0 Å². The molecule has 9 nitrogen and oxygen atoms in total. The second-order valence-corrected chi connectivity index (χ2v) is 12.6. The molecule has 0 aromatic carbocycles. The Hall–Kier alpha value is -2.66. The van der Waals surface area contributed by atoms with Crippen molar-refractivity contribution in [1.29, 1.82) is 0 Å². The average Bonchev–Trinajstić information content (AvgIpc) is 3.22. The summed E-state index contributed by atoms with van der Waals surface area (Å²) in [5, 5.41) is 12.2. The van der Waals surface area contributed by atoms with Crippen molar-refractivity contribution < 1.29 is 22.4 Å². The van der Waals surface area contributed by atoms with Crippen molar-refractivity contribution in [3.8, 4) is 0 Å². The van der Waals surface area contributed by atoms with Gasteiger partial charge in [-0.05, 0) is 56.3 Å². The summed E-state index contributed by atoms with van der Waals surface area (Å²) >= 11 is 0. The van der Waals surface area contributed by atoms with Crippen molar-refractivity contribution >= 4 is 6.03 Å². The Bertz CT molecular complexity index is 1210. The number of urea groups is 1. The van der Waals surface area contributed by atoms with Gasteiger partial charge < -0.3 is 14.2 Å². The minimum atomic E-state index is -4.35. The molecule has 0 unspecified atom stereocenters. The maximum atomic E-state index is 13.0. The van der Waals surface area contributed by atoms with Gasteiger partial charge in [0.15, 0.2) is 5.82 Å². The molecule has 36 heavy (non-hydrogen) atoms. The number of carbonyl (C=O) groups is 1. The fraction of sp³-hybridized carbons (Fsp3) is 0.792. The third-order valence-electron chi connectivity index (χ3n) is 9.86. The summed E-state index contributed by atoms with van der Waals surface area (Å²) in [5.41, 5.74) is 0.199. The van der Waals surface area contributed by atoms with Crippen LogP contribution in [0, 0.1) is 16.7 Å². The van der Waals surface area contributed by atoms with E-state index in [0.717, 1.165) is 64.1 Å². The molecular weight excluding hydrogens is 475 g/mol. The van der Waals surface area contributed by atoms with E-state index >= 15 is 0 Å². The molecule has 9 rings (SSSR count). The van der Waals surface area contributed by atoms with Crippen molar-refractivity contribution in [2.75, 3.05) is 26.2 Å². The molecule has 192 valence electrons. The van der Waals surface area contributed by atoms with Gasteiger partial charge in [-0.3, -0.25) is 0 Å². The summed E-state index contributed by atoms with van der Waals surface area (Å²) in [4.78, 5) is 21.4. The van der Waals surface area contributed by atoms with Crippen LogP contribution in [0.5, 0.6) is 0 Å². The van der Waals surface area contributed by atoms with Crippen LogP contribution in [0.3, 0.4) is 0 Å². The van der Waals surface area contributed by atoms with Crippen molar-refractivity contribution in [2.24, 2.45) is 16.7 Å². The highest BCUT2D eigenvalue weighted by atomic mass is 19.4. The second-order valence-electron chi connectivity index (χ2n) is 12.6. The molecule has 2 amide bonds. The first-order valence-electron chi connectivity index (χ1n) is 13.0. The van der Waals surface area contributed by atoms with Crippen molar-refractivity contribution in [1.82, 2.24) is 34.8 Å². The van der Waals surface area contributed by atoms with Gasteiger partial charge in [-0.1, -0.05) is 0 Å². The van der Waals surface area contributed by atoms with Gasteiger partial charge in [0.2, 0.25) is 11.8 Å². The number of rotatable bonds is 5. The predicted octanol–water partition coefficient (Wildman–Crippen LogP) is 3.45. The largest absolute Gasteiger partial charge is 0.424 e. The van der Waals surface area contributed by atoms with Crippen LogP contribution >= 0.6 is 0 Å². The van der Waals surface area contributed by atoms with Crippen LogP contribution in [0.15, 0.2) is 10.7 Å². The minimum absolute atomic E-state index is 0.145. The average molecular weight is 504 g/mol. The predicted molar refractivity (Wildman–Crippen MR) is 117 cm³/mol. The highest BCUT2D eigenvalue weighted by Gasteiger charge is 2.74. The number of aromatic nitrogens is 5. The molecule has 0 atom stereocenters. The van der Waals surface area contributed by atoms with E-state index in [4.69, 9.17) is 4.42 Å². The SMILES string of the molecule is O=C(N1CC(C23CC(c4nnc(CC(F)(F)F)o4)(C2)C3)C1)N1CC2(CC(n3cnc(C4CC4)n3)C2)C1. The first-order valence-corrected chi connectivity index (χ1v) is 13.0. The summed E-state index contributed by atoms with van der Waals surface area (Å²) in [7, 11) is 0. The summed E-state index contributed by atoms with van der Waals surface area (Å²) in [6.45, 7) is 3.21. The molecule has 5 aliphatic carbocycles. The highest BCUT2D eigenvalue weighted by molar-refractivity contribution is 5.76. The third kappa shape index (κ3) is 3.04. The highest BCUT2D eigenvalue weighted by Crippen LogP contribution is 2.77. The zero-order valence-electron chi connectivity index (χ0n) is 19.9. The number of hydrogen-bond donors (Lipinski definition) is 0. The van der Waals surface area contributed by atoms with E-state index in [1.165, 1.54) is 12.8 Å². The topological polar surface area (TPSA) is 93.2 Å². The maximum absolute atomic E-state index is 13.0. The lowest BCUT2D eigenvalue weighted by Crippen LogP contribution is -2.74. The number of halogens is 3. The summed E-state index contributed by atoms with van der Waals surface area (Å²) in [5.74, 6) is 2.02. The molecule has 2 saturated heterocycles. The standard InChI is InChI=1S/C24H28F3N7O2/c25-24(26,27)5-17-29-30-19(36-17)23-8-22(9-23,10-23)15-6-32(7-15)20(35)33-11-21(12-33)3-16(4-21)34-13-28-18(31-34)14-1-2-14/h13-16H,1-12H2. The van der Waals surface area contributed by atoms with Crippen molar-refractivity contribution in [2.45, 2.75) is 74.9 Å². The summed E-state index contributed by atoms with van der Waals surface area (Å²) < 4.78 is 45.1. The van der Waals surface area contributed by atoms with Crippen LogP contribution in [0.25, 0.3) is 0 Å². The Morgan fingerprint density at radius 2 is 1.81 bits per heavy atom. The first kappa shape index (κ1) is 21.4. The van der Waals surface area contributed by atoms with Crippen LogP contribution in [0.4, 0.5) is 18.0 Å². The molecule has 5 saturated carbocycles. The van der Waals surface area contributed by atoms with Gasteiger partial charge in [-0.25, -0.2) is 14.5 Å². The molecular formula is C24H28F3N7O2. The van der Waals surface area contributed by atoms with Gasteiger partial charge in [-0.15, -0.1) is 10.2 Å². The smallest absolute Gasteiger partial charge is 0.397 e. The molecule has 1 spiro atoms. The van der Waals surface area contributed by atoms with Crippen LogP contribution in [0.1, 0.15) is 74.5 Å². The molecule has 7 fully saturated rings. The summed E-state index contributed by atoms with van der Waals surface area (Å²) in [6, 6.07) is 0.558. The van der Waals surface area contributed by atoms with E-state index in [1.807, 2.05) is 20.8 Å². The van der Waals surface area contributed by atoms with Crippen LogP contribution in [0.2, 0.25) is 0 Å². The molecule has 0 radical (unpaired) electrons. The van der Waals surface area contributed by atoms with E-state index in [2.05, 4.69) is 20.3 Å². The molecule has 2 aliphatic heterocycles.